The van der Waals surface area contributed by atoms with E-state index in [0.717, 1.165) is 18.1 Å². The van der Waals surface area contributed by atoms with Gasteiger partial charge in [-0.05, 0) is 57.2 Å². The van der Waals surface area contributed by atoms with Crippen LogP contribution in [0.5, 0.6) is 0 Å². The minimum Gasteiger partial charge on any atom is -0.311 e. The molecule has 2 saturated heterocycles. The van der Waals surface area contributed by atoms with Gasteiger partial charge in [-0.1, -0.05) is 6.92 Å². The van der Waals surface area contributed by atoms with Crippen LogP contribution in [-0.4, -0.2) is 48.1 Å². The molecular formula is C13H26N2S. The topological polar surface area (TPSA) is 15.3 Å². The normalized spacial score (nSPS) is 33.6. The van der Waals surface area contributed by atoms with Crippen molar-refractivity contribution in [3.05, 3.63) is 0 Å². The monoisotopic (exact) mass is 242 g/mol. The fourth-order valence-corrected chi connectivity index (χ4v) is 3.75. The first-order chi connectivity index (χ1) is 7.79. The SMILES string of the molecule is CCSCCCN(C)C1CC2CCC(C1)N2. The summed E-state index contributed by atoms with van der Waals surface area (Å²) in [7, 11) is 2.33. The van der Waals surface area contributed by atoms with Crippen molar-refractivity contribution in [3.8, 4) is 0 Å². The highest BCUT2D eigenvalue weighted by molar-refractivity contribution is 7.99. The lowest BCUT2D eigenvalue weighted by molar-refractivity contribution is 0.173. The van der Waals surface area contributed by atoms with Crippen LogP contribution < -0.4 is 5.32 Å². The highest BCUT2D eigenvalue weighted by Gasteiger charge is 2.34. The molecule has 0 spiro atoms. The second-order valence-electron chi connectivity index (χ2n) is 5.29. The Labute approximate surface area is 105 Å². The van der Waals surface area contributed by atoms with Gasteiger partial charge in [-0.2, -0.15) is 11.8 Å². The molecule has 2 aliphatic heterocycles. The van der Waals surface area contributed by atoms with E-state index in [1.54, 1.807) is 0 Å². The van der Waals surface area contributed by atoms with E-state index in [1.165, 1.54) is 50.2 Å². The van der Waals surface area contributed by atoms with Crippen LogP contribution in [0.2, 0.25) is 0 Å². The van der Waals surface area contributed by atoms with Crippen LogP contribution in [0.1, 0.15) is 39.0 Å². The summed E-state index contributed by atoms with van der Waals surface area (Å²) in [4.78, 5) is 2.61. The number of thioether (sulfide) groups is 1. The van der Waals surface area contributed by atoms with E-state index in [4.69, 9.17) is 0 Å². The second kappa shape index (κ2) is 6.27. The van der Waals surface area contributed by atoms with Gasteiger partial charge in [-0.15, -0.1) is 0 Å². The lowest BCUT2D eigenvalue weighted by Gasteiger charge is -2.35. The lowest BCUT2D eigenvalue weighted by atomic mass is 9.98. The summed E-state index contributed by atoms with van der Waals surface area (Å²) in [6.07, 6.45) is 6.96. The molecule has 94 valence electrons. The zero-order valence-electron chi connectivity index (χ0n) is 10.7. The predicted octanol–water partition coefficient (Wildman–Crippen LogP) is 2.34. The molecule has 2 unspecified atom stereocenters. The molecule has 2 aliphatic rings. The van der Waals surface area contributed by atoms with Gasteiger partial charge >= 0.3 is 0 Å². The predicted molar refractivity (Wildman–Crippen MR) is 73.2 cm³/mol. The Kier molecular flexibility index (Phi) is 4.98. The van der Waals surface area contributed by atoms with E-state index in [0.29, 0.717) is 0 Å². The average Bonchev–Trinajstić information content (AvgIpc) is 2.63. The molecule has 1 N–H and O–H groups in total. The Morgan fingerprint density at radius 1 is 1.25 bits per heavy atom. The van der Waals surface area contributed by atoms with Gasteiger partial charge in [-0.3, -0.25) is 0 Å². The first-order valence-corrected chi connectivity index (χ1v) is 7.99. The van der Waals surface area contributed by atoms with E-state index < -0.39 is 0 Å². The quantitative estimate of drug-likeness (QED) is 0.720. The van der Waals surface area contributed by atoms with Gasteiger partial charge in [0, 0.05) is 18.1 Å². The minimum absolute atomic E-state index is 0.830. The number of hydrogen-bond donors (Lipinski definition) is 1. The maximum atomic E-state index is 3.72. The molecular weight excluding hydrogens is 216 g/mol. The summed E-state index contributed by atoms with van der Waals surface area (Å²) >= 11 is 2.07. The van der Waals surface area contributed by atoms with Gasteiger partial charge in [0.25, 0.3) is 0 Å². The van der Waals surface area contributed by atoms with E-state index in [-0.39, 0.29) is 0 Å². The Bertz CT molecular complexity index is 198. The van der Waals surface area contributed by atoms with E-state index in [9.17, 15) is 0 Å². The number of rotatable bonds is 6. The summed E-state index contributed by atoms with van der Waals surface area (Å²) in [5.41, 5.74) is 0. The molecule has 2 atom stereocenters. The van der Waals surface area contributed by atoms with Crippen molar-refractivity contribution < 1.29 is 0 Å². The van der Waals surface area contributed by atoms with Crippen molar-refractivity contribution in [2.24, 2.45) is 0 Å². The molecule has 0 aromatic heterocycles. The third-order valence-electron chi connectivity index (χ3n) is 4.08. The molecule has 16 heavy (non-hydrogen) atoms. The van der Waals surface area contributed by atoms with Crippen LogP contribution in [0.25, 0.3) is 0 Å². The zero-order valence-corrected chi connectivity index (χ0v) is 11.6. The molecule has 2 bridgehead atoms. The van der Waals surface area contributed by atoms with Gasteiger partial charge in [0.05, 0.1) is 0 Å². The van der Waals surface area contributed by atoms with E-state index >= 15 is 0 Å². The highest BCUT2D eigenvalue weighted by atomic mass is 32.2. The molecule has 0 radical (unpaired) electrons. The number of fused-ring (bicyclic) bond motifs is 2. The zero-order chi connectivity index (χ0) is 11.4. The van der Waals surface area contributed by atoms with Crippen LogP contribution in [0.15, 0.2) is 0 Å². The van der Waals surface area contributed by atoms with Crippen molar-refractivity contribution in [3.63, 3.8) is 0 Å². The maximum absolute atomic E-state index is 3.72. The van der Waals surface area contributed by atoms with Crippen molar-refractivity contribution >= 4 is 11.8 Å². The Morgan fingerprint density at radius 2 is 1.94 bits per heavy atom. The fourth-order valence-electron chi connectivity index (χ4n) is 3.13. The second-order valence-corrected chi connectivity index (χ2v) is 6.69. The first kappa shape index (κ1) is 12.7. The molecule has 0 saturated carbocycles. The molecule has 0 aliphatic carbocycles. The van der Waals surface area contributed by atoms with Gasteiger partial charge in [0.15, 0.2) is 0 Å². The van der Waals surface area contributed by atoms with Crippen molar-refractivity contribution in [2.45, 2.75) is 57.2 Å². The average molecular weight is 242 g/mol. The smallest absolute Gasteiger partial charge is 0.0122 e. The van der Waals surface area contributed by atoms with Gasteiger partial charge in [-0.25, -0.2) is 0 Å². The Morgan fingerprint density at radius 3 is 2.56 bits per heavy atom. The lowest BCUT2D eigenvalue weighted by Crippen LogP contribution is -2.47. The Balaban J connectivity index is 1.67. The van der Waals surface area contributed by atoms with Gasteiger partial charge in [0.2, 0.25) is 0 Å². The molecule has 3 heteroatoms. The number of piperidine rings is 1. The van der Waals surface area contributed by atoms with E-state index in [1.807, 2.05) is 0 Å². The molecule has 2 nitrogen and oxygen atoms in total. The minimum atomic E-state index is 0.830. The van der Waals surface area contributed by atoms with Gasteiger partial charge in [0.1, 0.15) is 0 Å². The summed E-state index contributed by atoms with van der Waals surface area (Å²) in [6, 6.07) is 2.51. The van der Waals surface area contributed by atoms with E-state index in [2.05, 4.69) is 35.9 Å². The van der Waals surface area contributed by atoms with Crippen LogP contribution in [-0.2, 0) is 0 Å². The molecule has 0 aromatic carbocycles. The van der Waals surface area contributed by atoms with Crippen LogP contribution >= 0.6 is 11.8 Å². The molecule has 0 amide bonds. The number of hydrogen-bond acceptors (Lipinski definition) is 3. The van der Waals surface area contributed by atoms with Crippen molar-refractivity contribution in [2.75, 3.05) is 25.1 Å². The first-order valence-electron chi connectivity index (χ1n) is 6.83. The van der Waals surface area contributed by atoms with Crippen molar-refractivity contribution in [1.82, 2.24) is 10.2 Å². The molecule has 2 heterocycles. The molecule has 2 rings (SSSR count). The summed E-state index contributed by atoms with van der Waals surface area (Å²) < 4.78 is 0. The highest BCUT2D eigenvalue weighted by Crippen LogP contribution is 2.29. The summed E-state index contributed by atoms with van der Waals surface area (Å²) in [5, 5.41) is 3.72. The number of nitrogens with one attached hydrogen (secondary N) is 1. The third-order valence-corrected chi connectivity index (χ3v) is 5.06. The molecule has 0 aromatic rings. The summed E-state index contributed by atoms with van der Waals surface area (Å²) in [6.45, 7) is 3.54. The summed E-state index contributed by atoms with van der Waals surface area (Å²) in [5.74, 6) is 2.60. The van der Waals surface area contributed by atoms with Crippen molar-refractivity contribution in [1.29, 1.82) is 0 Å². The Hall–Kier alpha value is 0.270. The van der Waals surface area contributed by atoms with Gasteiger partial charge < -0.3 is 10.2 Å². The van der Waals surface area contributed by atoms with Crippen LogP contribution in [0.4, 0.5) is 0 Å². The third kappa shape index (κ3) is 3.38. The van der Waals surface area contributed by atoms with Crippen LogP contribution in [0.3, 0.4) is 0 Å². The number of nitrogens with zero attached hydrogens (tertiary/aromatic N) is 1. The van der Waals surface area contributed by atoms with Crippen LogP contribution in [0, 0.1) is 0 Å². The standard InChI is InChI=1S/C13H26N2S/c1-3-16-8-4-7-15(2)13-9-11-5-6-12(10-13)14-11/h11-14H,3-10H2,1-2H3. The fraction of sp³-hybridized carbons (Fsp3) is 1.00. The molecule has 2 fully saturated rings. The maximum Gasteiger partial charge on any atom is 0.0122 e. The largest absolute Gasteiger partial charge is 0.311 e.